The Hall–Kier alpha value is -3.01. The lowest BCUT2D eigenvalue weighted by Gasteiger charge is -2.36. The van der Waals surface area contributed by atoms with Crippen molar-refractivity contribution in [1.29, 1.82) is 0 Å². The van der Waals surface area contributed by atoms with Gasteiger partial charge in [0.15, 0.2) is 5.94 Å². The van der Waals surface area contributed by atoms with E-state index in [0.717, 1.165) is 0 Å². The molecule has 1 aliphatic rings. The van der Waals surface area contributed by atoms with E-state index in [-0.39, 0.29) is 24.0 Å². The van der Waals surface area contributed by atoms with Gasteiger partial charge in [-0.1, -0.05) is 0 Å². The molecule has 0 saturated heterocycles. The minimum Gasteiger partial charge on any atom is -0.497 e. The third-order valence-corrected chi connectivity index (χ3v) is 4.92. The number of hydrogen-bond donors (Lipinski definition) is 1. The van der Waals surface area contributed by atoms with Gasteiger partial charge in [0, 0.05) is 11.3 Å². The van der Waals surface area contributed by atoms with Gasteiger partial charge in [0.05, 0.1) is 19.8 Å². The number of benzene rings is 1. The molecule has 0 amide bonds. The first kappa shape index (κ1) is 22.3. The molecule has 1 fully saturated rings. The SMILES string of the molecule is CCOC(=C=O)C(Nc1ccc(OC)cc1)C1(C(=O)OC(C)C)CCCC1=C=O. The number of ether oxygens (including phenoxy) is 3. The molecule has 0 aliphatic heterocycles. The van der Waals surface area contributed by atoms with Gasteiger partial charge >= 0.3 is 5.97 Å². The first-order valence-electron chi connectivity index (χ1n) is 9.66. The molecule has 2 unspecified atom stereocenters. The highest BCUT2D eigenvalue weighted by Gasteiger charge is 2.56. The zero-order chi connectivity index (χ0) is 21.4. The topological polar surface area (TPSA) is 90.9 Å². The molecule has 0 radical (unpaired) electrons. The van der Waals surface area contributed by atoms with E-state index in [2.05, 4.69) is 5.32 Å². The summed E-state index contributed by atoms with van der Waals surface area (Å²) in [5.74, 6) is 3.72. The third kappa shape index (κ3) is 4.70. The number of nitrogens with one attached hydrogen (secondary N) is 1. The van der Waals surface area contributed by atoms with Crippen LogP contribution in [-0.4, -0.2) is 43.7 Å². The molecule has 1 aromatic rings. The van der Waals surface area contributed by atoms with Crippen molar-refractivity contribution in [2.75, 3.05) is 19.0 Å². The smallest absolute Gasteiger partial charge is 0.319 e. The van der Waals surface area contributed by atoms with Crippen LogP contribution < -0.4 is 10.1 Å². The van der Waals surface area contributed by atoms with Crippen molar-refractivity contribution in [3.05, 3.63) is 35.6 Å². The van der Waals surface area contributed by atoms with Crippen molar-refractivity contribution in [2.45, 2.75) is 52.2 Å². The van der Waals surface area contributed by atoms with Crippen LogP contribution in [0.15, 0.2) is 35.6 Å². The van der Waals surface area contributed by atoms with Gasteiger partial charge in [-0.25, -0.2) is 9.59 Å². The number of carbonyl (C=O) groups is 1. The Morgan fingerprint density at radius 2 is 1.93 bits per heavy atom. The Balaban J connectivity index is 2.58. The standard InChI is InChI=1S/C22H27NO6/c1-5-28-19(14-25)20(23-17-8-10-18(27-4)11-9-17)22(21(26)29-15(2)3)12-6-7-16(22)13-24/h8-11,15,20,23H,5-7,12H2,1-4H3. The summed E-state index contributed by atoms with van der Waals surface area (Å²) in [5, 5.41) is 3.19. The Kier molecular flexibility index (Phi) is 7.66. The van der Waals surface area contributed by atoms with E-state index in [1.54, 1.807) is 58.1 Å². The minimum atomic E-state index is -1.39. The van der Waals surface area contributed by atoms with Gasteiger partial charge in [-0.15, -0.1) is 0 Å². The molecule has 7 heteroatoms. The second-order valence-electron chi connectivity index (χ2n) is 7.06. The quantitative estimate of drug-likeness (QED) is 0.386. The highest BCUT2D eigenvalue weighted by atomic mass is 16.5. The van der Waals surface area contributed by atoms with Gasteiger partial charge in [-0.05, 0) is 64.3 Å². The molecule has 1 N–H and O–H groups in total. The van der Waals surface area contributed by atoms with Crippen LogP contribution in [0.1, 0.15) is 40.0 Å². The fourth-order valence-electron chi connectivity index (χ4n) is 3.63. The molecule has 29 heavy (non-hydrogen) atoms. The van der Waals surface area contributed by atoms with E-state index in [1.165, 1.54) is 0 Å². The van der Waals surface area contributed by atoms with Crippen LogP contribution in [-0.2, 0) is 23.9 Å². The summed E-state index contributed by atoms with van der Waals surface area (Å²) >= 11 is 0. The lowest BCUT2D eigenvalue weighted by atomic mass is 9.74. The predicted molar refractivity (Wildman–Crippen MR) is 108 cm³/mol. The van der Waals surface area contributed by atoms with Crippen molar-refractivity contribution in [3.63, 3.8) is 0 Å². The third-order valence-electron chi connectivity index (χ3n) is 4.92. The van der Waals surface area contributed by atoms with Crippen LogP contribution in [0.3, 0.4) is 0 Å². The molecule has 7 nitrogen and oxygen atoms in total. The summed E-state index contributed by atoms with van der Waals surface area (Å²) in [7, 11) is 1.56. The molecule has 0 aromatic heterocycles. The zero-order valence-corrected chi connectivity index (χ0v) is 17.2. The summed E-state index contributed by atoms with van der Waals surface area (Å²) in [6, 6.07) is 6.03. The zero-order valence-electron chi connectivity index (χ0n) is 17.2. The number of esters is 1. The van der Waals surface area contributed by atoms with Crippen molar-refractivity contribution in [2.24, 2.45) is 5.41 Å². The Labute approximate surface area is 170 Å². The fourth-order valence-corrected chi connectivity index (χ4v) is 3.63. The maximum absolute atomic E-state index is 13.2. The Morgan fingerprint density at radius 1 is 1.24 bits per heavy atom. The largest absolute Gasteiger partial charge is 0.497 e. The maximum Gasteiger partial charge on any atom is 0.319 e. The first-order valence-corrected chi connectivity index (χ1v) is 9.66. The Bertz CT molecular complexity index is 818. The van der Waals surface area contributed by atoms with E-state index in [1.807, 2.05) is 5.94 Å². The van der Waals surface area contributed by atoms with Crippen LogP contribution in [0.5, 0.6) is 5.75 Å². The normalized spacial score (nSPS) is 19.1. The van der Waals surface area contributed by atoms with E-state index in [9.17, 15) is 14.4 Å². The molecule has 1 aromatic carbocycles. The van der Waals surface area contributed by atoms with E-state index < -0.39 is 17.4 Å². The van der Waals surface area contributed by atoms with Crippen LogP contribution in [0.25, 0.3) is 0 Å². The number of rotatable bonds is 9. The summed E-state index contributed by atoms with van der Waals surface area (Å²) < 4.78 is 16.2. The fraction of sp³-hybridized carbons (Fsp3) is 0.500. The molecular formula is C22H27NO6. The molecule has 2 rings (SSSR count). The van der Waals surface area contributed by atoms with Crippen LogP contribution in [0.4, 0.5) is 5.69 Å². The van der Waals surface area contributed by atoms with E-state index in [4.69, 9.17) is 14.2 Å². The molecule has 2 atom stereocenters. The van der Waals surface area contributed by atoms with Gasteiger partial charge in [-0.3, -0.25) is 4.79 Å². The van der Waals surface area contributed by atoms with Gasteiger partial charge in [0.25, 0.3) is 0 Å². The lowest BCUT2D eigenvalue weighted by molar-refractivity contribution is -0.158. The van der Waals surface area contributed by atoms with Gasteiger partial charge < -0.3 is 19.5 Å². The van der Waals surface area contributed by atoms with Crippen LogP contribution >= 0.6 is 0 Å². The first-order chi connectivity index (χ1) is 13.9. The second kappa shape index (κ2) is 9.97. The summed E-state index contributed by atoms with van der Waals surface area (Å²) in [6.45, 7) is 5.40. The molecule has 156 valence electrons. The predicted octanol–water partition coefficient (Wildman–Crippen LogP) is 3.11. The maximum atomic E-state index is 13.2. The minimum absolute atomic E-state index is 0.0846. The summed E-state index contributed by atoms with van der Waals surface area (Å²) in [5.41, 5.74) is -0.507. The van der Waals surface area contributed by atoms with Crippen molar-refractivity contribution < 1.29 is 28.6 Å². The average molecular weight is 401 g/mol. The number of anilines is 1. The number of hydrogen-bond acceptors (Lipinski definition) is 7. The monoisotopic (exact) mass is 401 g/mol. The summed E-state index contributed by atoms with van der Waals surface area (Å²) in [6.07, 6.45) is 0.937. The van der Waals surface area contributed by atoms with Crippen molar-refractivity contribution in [3.8, 4) is 5.75 Å². The summed E-state index contributed by atoms with van der Waals surface area (Å²) in [4.78, 5) is 36.7. The highest BCUT2D eigenvalue weighted by Crippen LogP contribution is 2.48. The van der Waals surface area contributed by atoms with E-state index >= 15 is 0 Å². The van der Waals surface area contributed by atoms with Crippen molar-refractivity contribution >= 4 is 23.5 Å². The Morgan fingerprint density at radius 3 is 2.45 bits per heavy atom. The highest BCUT2D eigenvalue weighted by molar-refractivity contribution is 5.88. The van der Waals surface area contributed by atoms with Gasteiger partial charge in [0.2, 0.25) is 5.76 Å². The van der Waals surface area contributed by atoms with Gasteiger partial charge in [-0.2, -0.15) is 0 Å². The molecular weight excluding hydrogens is 374 g/mol. The van der Waals surface area contributed by atoms with Crippen LogP contribution in [0.2, 0.25) is 0 Å². The number of methoxy groups -OCH3 is 1. The lowest BCUT2D eigenvalue weighted by Crippen LogP contribution is -2.49. The molecule has 1 saturated carbocycles. The second-order valence-corrected chi connectivity index (χ2v) is 7.06. The van der Waals surface area contributed by atoms with Gasteiger partial charge in [0.1, 0.15) is 23.1 Å². The molecule has 0 bridgehead atoms. The van der Waals surface area contributed by atoms with Crippen molar-refractivity contribution in [1.82, 2.24) is 0 Å². The molecule has 1 aliphatic carbocycles. The van der Waals surface area contributed by atoms with E-state index in [0.29, 0.717) is 30.7 Å². The average Bonchev–Trinajstić information content (AvgIpc) is 3.15. The number of carbonyl (C=O) groups excluding carboxylic acids is 3. The molecule has 0 spiro atoms. The van der Waals surface area contributed by atoms with Crippen LogP contribution in [0, 0.1) is 5.41 Å². The molecule has 0 heterocycles.